The third kappa shape index (κ3) is 5.12. The smallest absolute Gasteiger partial charge is 0.259 e. The van der Waals surface area contributed by atoms with Gasteiger partial charge < -0.3 is 15.0 Å². The summed E-state index contributed by atoms with van der Waals surface area (Å²) in [5.41, 5.74) is 1.68. The molecule has 0 radical (unpaired) electrons. The summed E-state index contributed by atoms with van der Waals surface area (Å²) in [5.74, 6) is 0.323. The predicted molar refractivity (Wildman–Crippen MR) is 111 cm³/mol. The van der Waals surface area contributed by atoms with Gasteiger partial charge in [-0.25, -0.2) is 0 Å². The maximum Gasteiger partial charge on any atom is 0.259 e. The van der Waals surface area contributed by atoms with Crippen LogP contribution in [-0.2, 0) is 0 Å². The first-order valence-corrected chi connectivity index (χ1v) is 10.0. The zero-order valence-corrected chi connectivity index (χ0v) is 16.6. The van der Waals surface area contributed by atoms with Crippen LogP contribution >= 0.6 is 0 Å². The van der Waals surface area contributed by atoms with Gasteiger partial charge in [0.25, 0.3) is 11.8 Å². The van der Waals surface area contributed by atoms with E-state index in [0.29, 0.717) is 22.6 Å². The Labute approximate surface area is 166 Å². The first-order chi connectivity index (χ1) is 13.5. The molecular formula is C23H28N2O3. The summed E-state index contributed by atoms with van der Waals surface area (Å²) in [6.07, 6.45) is 4.43. The van der Waals surface area contributed by atoms with Crippen molar-refractivity contribution in [2.75, 3.05) is 18.4 Å². The fourth-order valence-corrected chi connectivity index (χ4v) is 3.40. The van der Waals surface area contributed by atoms with E-state index in [9.17, 15) is 9.59 Å². The number of para-hydroxylation sites is 1. The average Bonchev–Trinajstić information content (AvgIpc) is 2.97. The minimum Gasteiger partial charge on any atom is -0.490 e. The highest BCUT2D eigenvalue weighted by Gasteiger charge is 2.18. The minimum absolute atomic E-state index is 0.0245. The lowest BCUT2D eigenvalue weighted by atomic mass is 10.1. The van der Waals surface area contributed by atoms with E-state index in [2.05, 4.69) is 5.32 Å². The van der Waals surface area contributed by atoms with E-state index >= 15 is 0 Å². The van der Waals surface area contributed by atoms with Crippen LogP contribution in [0.15, 0.2) is 48.5 Å². The van der Waals surface area contributed by atoms with E-state index in [1.165, 1.54) is 12.8 Å². The number of hydrogen-bond acceptors (Lipinski definition) is 3. The van der Waals surface area contributed by atoms with Gasteiger partial charge in [0.15, 0.2) is 0 Å². The lowest BCUT2D eigenvalue weighted by Crippen LogP contribution is -2.31. The fourth-order valence-electron chi connectivity index (χ4n) is 3.40. The van der Waals surface area contributed by atoms with Crippen molar-refractivity contribution in [1.82, 2.24) is 4.90 Å². The quantitative estimate of drug-likeness (QED) is 0.815. The van der Waals surface area contributed by atoms with Gasteiger partial charge in [-0.15, -0.1) is 0 Å². The van der Waals surface area contributed by atoms with Gasteiger partial charge in [0.2, 0.25) is 0 Å². The number of carbonyl (C=O) groups is 2. The Morgan fingerprint density at radius 3 is 2.39 bits per heavy atom. The molecule has 2 amide bonds. The number of ether oxygens (including phenoxy) is 1. The Bertz CT molecular complexity index is 824. The molecule has 1 aliphatic heterocycles. The van der Waals surface area contributed by atoms with Gasteiger partial charge >= 0.3 is 0 Å². The molecule has 2 aromatic rings. The van der Waals surface area contributed by atoms with E-state index < -0.39 is 0 Å². The Kier molecular flexibility index (Phi) is 6.69. The largest absolute Gasteiger partial charge is 0.490 e. The summed E-state index contributed by atoms with van der Waals surface area (Å²) in [7, 11) is 0. The molecule has 0 aromatic heterocycles. The van der Waals surface area contributed by atoms with E-state index in [0.717, 1.165) is 25.9 Å². The van der Waals surface area contributed by atoms with Gasteiger partial charge in [-0.05, 0) is 57.0 Å². The third-order valence-corrected chi connectivity index (χ3v) is 4.76. The standard InChI is InChI=1S/C23H28N2O3/c1-17(2)28-21-13-6-5-12-20(21)22(26)24-19-11-9-10-18(16-19)23(27)25-14-7-3-4-8-15-25/h5-6,9-13,16-17H,3-4,7-8,14-15H2,1-2H3,(H,24,26). The van der Waals surface area contributed by atoms with Crippen LogP contribution in [0.3, 0.4) is 0 Å². The molecule has 0 bridgehead atoms. The number of nitrogens with zero attached hydrogens (tertiary/aromatic N) is 1. The van der Waals surface area contributed by atoms with Gasteiger partial charge in [0.05, 0.1) is 11.7 Å². The number of nitrogens with one attached hydrogen (secondary N) is 1. The molecule has 0 saturated carbocycles. The molecule has 1 heterocycles. The highest BCUT2D eigenvalue weighted by atomic mass is 16.5. The Morgan fingerprint density at radius 2 is 1.68 bits per heavy atom. The Hall–Kier alpha value is -2.82. The van der Waals surface area contributed by atoms with Gasteiger partial charge in [0.1, 0.15) is 5.75 Å². The molecule has 1 fully saturated rings. The zero-order chi connectivity index (χ0) is 19.9. The number of carbonyl (C=O) groups excluding carboxylic acids is 2. The molecular weight excluding hydrogens is 352 g/mol. The third-order valence-electron chi connectivity index (χ3n) is 4.76. The maximum atomic E-state index is 12.8. The molecule has 5 heteroatoms. The maximum absolute atomic E-state index is 12.8. The van der Waals surface area contributed by atoms with E-state index in [1.54, 1.807) is 42.5 Å². The van der Waals surface area contributed by atoms with E-state index in [1.807, 2.05) is 24.8 Å². The molecule has 148 valence electrons. The predicted octanol–water partition coefficient (Wildman–Crippen LogP) is 4.74. The van der Waals surface area contributed by atoms with E-state index in [4.69, 9.17) is 4.74 Å². The minimum atomic E-state index is -0.254. The summed E-state index contributed by atoms with van der Waals surface area (Å²) in [6.45, 7) is 5.45. The van der Waals surface area contributed by atoms with Crippen molar-refractivity contribution in [2.24, 2.45) is 0 Å². The number of anilines is 1. The molecule has 1 N–H and O–H groups in total. The van der Waals surface area contributed by atoms with Gasteiger partial charge in [-0.3, -0.25) is 9.59 Å². The second kappa shape index (κ2) is 9.40. The highest BCUT2D eigenvalue weighted by molar-refractivity contribution is 6.06. The number of likely N-dealkylation sites (tertiary alicyclic amines) is 1. The Morgan fingerprint density at radius 1 is 0.964 bits per heavy atom. The van der Waals surface area contributed by atoms with Crippen molar-refractivity contribution in [3.05, 3.63) is 59.7 Å². The summed E-state index contributed by atoms with van der Waals surface area (Å²) >= 11 is 0. The van der Waals surface area contributed by atoms with Crippen molar-refractivity contribution >= 4 is 17.5 Å². The van der Waals surface area contributed by atoms with Crippen LogP contribution in [0.5, 0.6) is 5.75 Å². The Balaban J connectivity index is 1.74. The molecule has 0 spiro atoms. The number of hydrogen-bond donors (Lipinski definition) is 1. The number of amides is 2. The first kappa shape index (κ1) is 19.9. The second-order valence-electron chi connectivity index (χ2n) is 7.40. The molecule has 28 heavy (non-hydrogen) atoms. The molecule has 2 aromatic carbocycles. The molecule has 0 unspecified atom stereocenters. The second-order valence-corrected chi connectivity index (χ2v) is 7.40. The van der Waals surface area contributed by atoms with Crippen LogP contribution in [0.4, 0.5) is 5.69 Å². The molecule has 0 atom stereocenters. The molecule has 3 rings (SSSR count). The van der Waals surface area contributed by atoms with Crippen LogP contribution < -0.4 is 10.1 Å². The zero-order valence-electron chi connectivity index (χ0n) is 16.6. The van der Waals surface area contributed by atoms with Crippen molar-refractivity contribution in [2.45, 2.75) is 45.6 Å². The molecule has 0 aliphatic carbocycles. The summed E-state index contributed by atoms with van der Waals surface area (Å²) < 4.78 is 5.74. The number of benzene rings is 2. The van der Waals surface area contributed by atoms with Crippen LogP contribution in [0.2, 0.25) is 0 Å². The van der Waals surface area contributed by atoms with Crippen LogP contribution in [0.25, 0.3) is 0 Å². The van der Waals surface area contributed by atoms with Gasteiger partial charge in [0, 0.05) is 24.3 Å². The molecule has 1 saturated heterocycles. The van der Waals surface area contributed by atoms with Crippen molar-refractivity contribution in [3.8, 4) is 5.75 Å². The topological polar surface area (TPSA) is 58.6 Å². The fraction of sp³-hybridized carbons (Fsp3) is 0.391. The summed E-state index contributed by atoms with van der Waals surface area (Å²) in [6, 6.07) is 14.3. The van der Waals surface area contributed by atoms with Crippen LogP contribution in [-0.4, -0.2) is 35.9 Å². The summed E-state index contributed by atoms with van der Waals surface area (Å²) in [4.78, 5) is 27.5. The average molecular weight is 380 g/mol. The first-order valence-electron chi connectivity index (χ1n) is 10.0. The van der Waals surface area contributed by atoms with Crippen molar-refractivity contribution in [1.29, 1.82) is 0 Å². The molecule has 1 aliphatic rings. The van der Waals surface area contributed by atoms with Crippen molar-refractivity contribution < 1.29 is 14.3 Å². The molecule has 5 nitrogen and oxygen atoms in total. The van der Waals surface area contributed by atoms with E-state index in [-0.39, 0.29) is 17.9 Å². The lowest BCUT2D eigenvalue weighted by Gasteiger charge is -2.20. The number of rotatable bonds is 5. The van der Waals surface area contributed by atoms with Crippen molar-refractivity contribution in [3.63, 3.8) is 0 Å². The van der Waals surface area contributed by atoms with Crippen LogP contribution in [0, 0.1) is 0 Å². The highest BCUT2D eigenvalue weighted by Crippen LogP contribution is 2.22. The SMILES string of the molecule is CC(C)Oc1ccccc1C(=O)Nc1cccc(C(=O)N2CCCCCC2)c1. The summed E-state index contributed by atoms with van der Waals surface area (Å²) in [5, 5.41) is 2.89. The normalized spacial score (nSPS) is 14.5. The van der Waals surface area contributed by atoms with Gasteiger partial charge in [-0.1, -0.05) is 31.0 Å². The van der Waals surface area contributed by atoms with Crippen LogP contribution in [0.1, 0.15) is 60.2 Å². The lowest BCUT2D eigenvalue weighted by molar-refractivity contribution is 0.0761. The van der Waals surface area contributed by atoms with Gasteiger partial charge in [-0.2, -0.15) is 0 Å². The monoisotopic (exact) mass is 380 g/mol.